The van der Waals surface area contributed by atoms with Crippen molar-refractivity contribution >= 4 is 50.0 Å². The Hall–Kier alpha value is -4.24. The molecule has 0 saturated carbocycles. The van der Waals surface area contributed by atoms with E-state index >= 15 is 0 Å². The van der Waals surface area contributed by atoms with Gasteiger partial charge in [0.05, 0.1) is 17.6 Å². The number of aliphatic imine (C=N–C) groups is 1. The van der Waals surface area contributed by atoms with Gasteiger partial charge in [0.15, 0.2) is 0 Å². The van der Waals surface area contributed by atoms with E-state index in [0.717, 1.165) is 22.0 Å². The molecule has 0 atom stereocenters. The minimum absolute atomic E-state index is 0. The van der Waals surface area contributed by atoms with Crippen LogP contribution in [-0.2, 0) is 10.0 Å². The molecular weight excluding hydrogens is 522 g/mol. The van der Waals surface area contributed by atoms with Crippen LogP contribution < -0.4 is 9.62 Å². The van der Waals surface area contributed by atoms with Crippen LogP contribution in [-0.4, -0.2) is 56.6 Å². The highest BCUT2D eigenvalue weighted by Crippen LogP contribution is 2.30. The predicted molar refractivity (Wildman–Crippen MR) is 166 cm³/mol. The number of carbonyl (C=O) groups is 1. The zero-order valence-corrected chi connectivity index (χ0v) is 24.1. The first-order chi connectivity index (χ1) is 19.4. The lowest BCUT2D eigenvalue weighted by atomic mass is 10.1. The number of para-hydroxylation sites is 1. The number of piperazine rings is 1. The number of sulfonamides is 1. The molecule has 0 spiro atoms. The molecule has 0 aliphatic carbocycles. The summed E-state index contributed by atoms with van der Waals surface area (Å²) in [7, 11) is -3.86. The van der Waals surface area contributed by atoms with Crippen molar-refractivity contribution in [3.63, 3.8) is 0 Å². The molecule has 0 unspecified atom stereocenters. The van der Waals surface area contributed by atoms with Crippen molar-refractivity contribution in [1.29, 1.82) is 0 Å². The van der Waals surface area contributed by atoms with Gasteiger partial charge in [0.2, 0.25) is 0 Å². The second-order valence-corrected chi connectivity index (χ2v) is 10.8. The van der Waals surface area contributed by atoms with E-state index in [4.69, 9.17) is 0 Å². The fraction of sp³-hybridized carbons (Fsp3) is 0.258. The van der Waals surface area contributed by atoms with E-state index in [-0.39, 0.29) is 12.2 Å². The van der Waals surface area contributed by atoms with Crippen LogP contribution in [0.2, 0.25) is 0 Å². The normalized spacial score (nSPS) is 13.7. The predicted octanol–water partition coefficient (Wildman–Crippen LogP) is 6.30. The van der Waals surface area contributed by atoms with Gasteiger partial charge in [0.1, 0.15) is 4.90 Å². The molecule has 210 valence electrons. The summed E-state index contributed by atoms with van der Waals surface area (Å²) in [6.45, 7) is 10.2. The molecule has 1 N–H and O–H groups in total. The fourth-order valence-corrected chi connectivity index (χ4v) is 6.00. The number of hydrogen-bond acceptors (Lipinski definition) is 6. The van der Waals surface area contributed by atoms with Crippen LogP contribution in [0.3, 0.4) is 0 Å². The van der Waals surface area contributed by atoms with Gasteiger partial charge in [-0.1, -0.05) is 50.2 Å². The van der Waals surface area contributed by atoms with Gasteiger partial charge in [-0.2, -0.15) is 0 Å². The molecule has 1 fully saturated rings. The molecule has 3 aromatic carbocycles. The molecule has 1 aromatic heterocycles. The van der Waals surface area contributed by atoms with Gasteiger partial charge in [-0.05, 0) is 49.7 Å². The Bertz CT molecular complexity index is 1610. The maximum absolute atomic E-state index is 13.2. The summed E-state index contributed by atoms with van der Waals surface area (Å²) in [5, 5.41) is 2.25. The minimum atomic E-state index is -3.86. The van der Waals surface area contributed by atoms with Crippen molar-refractivity contribution < 1.29 is 14.6 Å². The number of aromatic nitrogens is 1. The summed E-state index contributed by atoms with van der Waals surface area (Å²) in [6, 6.07) is 19.7. The molecule has 1 amide bonds. The molecule has 1 saturated heterocycles. The van der Waals surface area contributed by atoms with Crippen molar-refractivity contribution in [2.75, 3.05) is 35.8 Å². The van der Waals surface area contributed by atoms with Crippen LogP contribution in [0.25, 0.3) is 10.8 Å². The number of nitrogens with one attached hydrogen (secondary N) is 1. The minimum Gasteiger partial charge on any atom is -0.366 e. The first-order valence-electron chi connectivity index (χ1n) is 13.5. The van der Waals surface area contributed by atoms with Crippen LogP contribution in [0.5, 0.6) is 0 Å². The Morgan fingerprint density at radius 3 is 2.35 bits per heavy atom. The van der Waals surface area contributed by atoms with Crippen molar-refractivity contribution in [3.05, 3.63) is 90.3 Å². The molecule has 0 radical (unpaired) electrons. The standard InChI is InChI=1S/C29H29N5O3S.C2H6.H2/c1-3-31-28-21(2)7-6-10-27(28)38(36,37)32-24-13-11-22(12-14-24)29(35)34-17-15-33(16-18-34)26-20-30-19-23-8-4-5-9-25(23)26;1-2;/h3-14,19-20,32H,15-18H2,1-2H3;1-2H3;1H. The van der Waals surface area contributed by atoms with E-state index in [0.29, 0.717) is 43.1 Å². The quantitative estimate of drug-likeness (QED) is 0.280. The SMILES string of the molecule is CC.CC=Nc1c(C)cccc1S(=O)(=O)Nc1ccc(C(=O)N2CCN(c3cncc4ccccc34)CC2)cc1.[HH]. The molecule has 2 heterocycles. The third kappa shape index (κ3) is 6.15. The van der Waals surface area contributed by atoms with Crippen LogP contribution in [0, 0.1) is 6.92 Å². The monoisotopic (exact) mass is 559 g/mol. The Morgan fingerprint density at radius 2 is 1.65 bits per heavy atom. The number of aryl methyl sites for hydroxylation is 1. The fourth-order valence-electron chi connectivity index (χ4n) is 4.72. The highest BCUT2D eigenvalue weighted by molar-refractivity contribution is 7.92. The highest BCUT2D eigenvalue weighted by atomic mass is 32.2. The zero-order chi connectivity index (χ0) is 28.7. The summed E-state index contributed by atoms with van der Waals surface area (Å²) in [4.78, 5) is 26.0. The van der Waals surface area contributed by atoms with E-state index in [1.807, 2.05) is 62.3 Å². The molecular formula is C31H37N5O3S. The number of hydrogen-bond donors (Lipinski definition) is 1. The number of fused-ring (bicyclic) bond motifs is 1. The molecule has 0 bridgehead atoms. The van der Waals surface area contributed by atoms with Crippen molar-refractivity contribution in [2.24, 2.45) is 4.99 Å². The summed E-state index contributed by atoms with van der Waals surface area (Å²) in [5.74, 6) is -0.0756. The first kappa shape index (κ1) is 28.8. The maximum atomic E-state index is 13.2. The lowest BCUT2D eigenvalue weighted by molar-refractivity contribution is 0.0747. The first-order valence-corrected chi connectivity index (χ1v) is 14.9. The Morgan fingerprint density at radius 1 is 0.950 bits per heavy atom. The topological polar surface area (TPSA) is 95.0 Å². The number of nitrogens with zero attached hydrogens (tertiary/aromatic N) is 4. The van der Waals surface area contributed by atoms with Crippen LogP contribution in [0.4, 0.5) is 17.1 Å². The summed E-state index contributed by atoms with van der Waals surface area (Å²) in [6.07, 6.45) is 5.32. The second kappa shape index (κ2) is 12.7. The van der Waals surface area contributed by atoms with Crippen LogP contribution in [0.1, 0.15) is 38.1 Å². The summed E-state index contributed by atoms with van der Waals surface area (Å²) in [5.41, 5.74) is 3.15. The largest absolute Gasteiger partial charge is 0.366 e. The van der Waals surface area contributed by atoms with Crippen molar-refractivity contribution in [3.8, 4) is 0 Å². The van der Waals surface area contributed by atoms with Crippen LogP contribution >= 0.6 is 0 Å². The van der Waals surface area contributed by atoms with E-state index < -0.39 is 10.0 Å². The van der Waals surface area contributed by atoms with Gasteiger partial charge in [-0.25, -0.2) is 8.42 Å². The van der Waals surface area contributed by atoms with Crippen molar-refractivity contribution in [1.82, 2.24) is 9.88 Å². The average molecular weight is 560 g/mol. The number of pyridine rings is 1. The molecule has 1 aliphatic rings. The van der Waals surface area contributed by atoms with Gasteiger partial charge >= 0.3 is 0 Å². The van der Waals surface area contributed by atoms with Gasteiger partial charge in [-0.3, -0.25) is 19.5 Å². The number of benzene rings is 3. The van der Waals surface area contributed by atoms with Gasteiger partial charge in [-0.15, -0.1) is 0 Å². The molecule has 5 rings (SSSR count). The highest BCUT2D eigenvalue weighted by Gasteiger charge is 2.24. The van der Waals surface area contributed by atoms with Gasteiger partial charge in [0.25, 0.3) is 15.9 Å². The molecule has 1 aliphatic heterocycles. The molecule has 40 heavy (non-hydrogen) atoms. The van der Waals surface area contributed by atoms with Crippen LogP contribution in [0.15, 0.2) is 89.0 Å². The van der Waals surface area contributed by atoms with Crippen molar-refractivity contribution in [2.45, 2.75) is 32.6 Å². The Labute approximate surface area is 237 Å². The van der Waals surface area contributed by atoms with Gasteiger partial charge < -0.3 is 9.80 Å². The van der Waals surface area contributed by atoms with E-state index in [1.165, 1.54) is 6.07 Å². The van der Waals surface area contributed by atoms with E-state index in [2.05, 4.69) is 25.7 Å². The number of rotatable bonds is 6. The maximum Gasteiger partial charge on any atom is 0.264 e. The Kier molecular flexibility index (Phi) is 9.16. The summed E-state index contributed by atoms with van der Waals surface area (Å²) < 4.78 is 28.8. The van der Waals surface area contributed by atoms with E-state index in [1.54, 1.807) is 43.5 Å². The molecule has 8 nitrogen and oxygen atoms in total. The second-order valence-electron chi connectivity index (χ2n) is 9.15. The average Bonchev–Trinajstić information content (AvgIpc) is 2.99. The lowest BCUT2D eigenvalue weighted by Gasteiger charge is -2.36. The smallest absolute Gasteiger partial charge is 0.264 e. The van der Waals surface area contributed by atoms with E-state index in [9.17, 15) is 13.2 Å². The molecule has 4 aromatic rings. The number of anilines is 2. The third-order valence-corrected chi connectivity index (χ3v) is 8.10. The van der Waals surface area contributed by atoms with Gasteiger partial charge in [0, 0.05) is 62.0 Å². The molecule has 9 heteroatoms. The third-order valence-electron chi connectivity index (χ3n) is 6.69. The number of amides is 1. The summed E-state index contributed by atoms with van der Waals surface area (Å²) >= 11 is 0. The number of carbonyl (C=O) groups excluding carboxylic acids is 1. The lowest BCUT2D eigenvalue weighted by Crippen LogP contribution is -2.48. The Balaban J connectivity index is 0.00000151. The zero-order valence-electron chi connectivity index (χ0n) is 23.3.